The van der Waals surface area contributed by atoms with E-state index in [1.54, 1.807) is 0 Å². The van der Waals surface area contributed by atoms with E-state index in [0.29, 0.717) is 12.3 Å². The summed E-state index contributed by atoms with van der Waals surface area (Å²) >= 11 is 0. The van der Waals surface area contributed by atoms with Crippen molar-refractivity contribution in [2.45, 2.75) is 39.0 Å². The fourth-order valence-corrected chi connectivity index (χ4v) is 3.99. The van der Waals surface area contributed by atoms with Crippen LogP contribution in [0.1, 0.15) is 51.4 Å². The fourth-order valence-electron chi connectivity index (χ4n) is 3.99. The molecule has 0 aliphatic heterocycles. The van der Waals surface area contributed by atoms with Crippen LogP contribution < -0.4 is 10.7 Å². The van der Waals surface area contributed by atoms with Crippen molar-refractivity contribution in [3.63, 3.8) is 0 Å². The zero-order chi connectivity index (χ0) is 22.3. The Bertz CT molecular complexity index is 1120. The molecule has 0 saturated heterocycles. The summed E-state index contributed by atoms with van der Waals surface area (Å²) < 4.78 is 5.93. The van der Waals surface area contributed by atoms with Crippen LogP contribution in [-0.2, 0) is 24.1 Å². The molecule has 1 aliphatic carbocycles. The molecule has 6 heteroatoms. The van der Waals surface area contributed by atoms with Crippen molar-refractivity contribution in [3.05, 3.63) is 94.4 Å². The lowest BCUT2D eigenvalue weighted by atomic mass is 9.93. The second kappa shape index (κ2) is 10.1. The average Bonchev–Trinajstić information content (AvgIpc) is 3.16. The van der Waals surface area contributed by atoms with Gasteiger partial charge in [-0.05, 0) is 37.3 Å². The molecule has 0 atom stereocenters. The van der Waals surface area contributed by atoms with Crippen molar-refractivity contribution in [2.75, 3.05) is 6.54 Å². The summed E-state index contributed by atoms with van der Waals surface area (Å²) in [5, 5.41) is 7.33. The fraction of sp³-hybridized carbons (Fsp3) is 0.269. The standard InChI is InChI=1S/C26H27N3O3/c1-18-24-21(28-29-23(30)17-20-11-6-3-7-12-20)13-8-14-22(24)32-25(18)26(31)27-16-15-19-9-4-2-5-10-19/h2-7,9-12H,8,13-17H2,1H3,(H,27,31)(H,29,30)/b28-21+. The van der Waals surface area contributed by atoms with E-state index in [1.807, 2.05) is 67.6 Å². The van der Waals surface area contributed by atoms with E-state index in [-0.39, 0.29) is 18.2 Å². The number of fused-ring (bicyclic) bond motifs is 1. The molecule has 2 N–H and O–H groups in total. The summed E-state index contributed by atoms with van der Waals surface area (Å²) in [6.45, 7) is 2.41. The van der Waals surface area contributed by atoms with E-state index >= 15 is 0 Å². The van der Waals surface area contributed by atoms with Gasteiger partial charge in [-0.3, -0.25) is 9.59 Å². The van der Waals surface area contributed by atoms with Gasteiger partial charge in [0.2, 0.25) is 5.91 Å². The molecule has 2 amide bonds. The molecule has 0 spiro atoms. The monoisotopic (exact) mass is 429 g/mol. The highest BCUT2D eigenvalue weighted by Gasteiger charge is 2.28. The van der Waals surface area contributed by atoms with Crippen LogP contribution >= 0.6 is 0 Å². The maximum Gasteiger partial charge on any atom is 0.287 e. The van der Waals surface area contributed by atoms with Gasteiger partial charge in [0.05, 0.1) is 12.1 Å². The van der Waals surface area contributed by atoms with Gasteiger partial charge in [0.25, 0.3) is 5.91 Å². The van der Waals surface area contributed by atoms with Crippen molar-refractivity contribution in [1.82, 2.24) is 10.7 Å². The number of hydrazone groups is 1. The largest absolute Gasteiger partial charge is 0.455 e. The maximum atomic E-state index is 12.7. The third kappa shape index (κ3) is 5.14. The van der Waals surface area contributed by atoms with E-state index in [0.717, 1.165) is 53.8 Å². The van der Waals surface area contributed by atoms with Crippen LogP contribution in [-0.4, -0.2) is 24.1 Å². The highest BCUT2D eigenvalue weighted by molar-refractivity contribution is 6.06. The molecule has 1 heterocycles. The van der Waals surface area contributed by atoms with E-state index in [1.165, 1.54) is 5.56 Å². The Morgan fingerprint density at radius 2 is 1.66 bits per heavy atom. The Hall–Kier alpha value is -3.67. The Morgan fingerprint density at radius 1 is 0.969 bits per heavy atom. The van der Waals surface area contributed by atoms with Crippen molar-refractivity contribution >= 4 is 17.5 Å². The quantitative estimate of drug-likeness (QED) is 0.558. The minimum atomic E-state index is -0.222. The minimum Gasteiger partial charge on any atom is -0.455 e. The molecule has 0 radical (unpaired) electrons. The predicted octanol–water partition coefficient (Wildman–Crippen LogP) is 3.96. The lowest BCUT2D eigenvalue weighted by molar-refractivity contribution is -0.120. The summed E-state index contributed by atoms with van der Waals surface area (Å²) in [7, 11) is 0. The van der Waals surface area contributed by atoms with E-state index in [4.69, 9.17) is 4.42 Å². The Kier molecular flexibility index (Phi) is 6.80. The SMILES string of the molecule is Cc1c(C(=O)NCCc2ccccc2)oc2c1/C(=N/NC(=O)Cc1ccccc1)CCC2. The maximum absolute atomic E-state index is 12.7. The lowest BCUT2D eigenvalue weighted by Crippen LogP contribution is -2.26. The van der Waals surface area contributed by atoms with Crippen LogP contribution in [0, 0.1) is 6.92 Å². The number of furan rings is 1. The van der Waals surface area contributed by atoms with Gasteiger partial charge >= 0.3 is 0 Å². The van der Waals surface area contributed by atoms with Gasteiger partial charge in [-0.15, -0.1) is 0 Å². The molecule has 1 aliphatic rings. The van der Waals surface area contributed by atoms with E-state index in [9.17, 15) is 9.59 Å². The molecule has 3 aromatic rings. The van der Waals surface area contributed by atoms with Crippen LogP contribution in [0.25, 0.3) is 0 Å². The van der Waals surface area contributed by atoms with Gasteiger partial charge in [-0.25, -0.2) is 5.43 Å². The molecule has 0 unspecified atom stereocenters. The summed E-state index contributed by atoms with van der Waals surface area (Å²) in [6, 6.07) is 19.6. The number of carbonyl (C=O) groups excluding carboxylic acids is 2. The number of carbonyl (C=O) groups is 2. The Morgan fingerprint density at radius 3 is 2.38 bits per heavy atom. The van der Waals surface area contributed by atoms with Gasteiger partial charge in [0.15, 0.2) is 5.76 Å². The highest BCUT2D eigenvalue weighted by Crippen LogP contribution is 2.29. The third-order valence-corrected chi connectivity index (χ3v) is 5.60. The molecule has 1 aromatic heterocycles. The molecule has 32 heavy (non-hydrogen) atoms. The first-order valence-corrected chi connectivity index (χ1v) is 11.0. The number of amides is 2. The summed E-state index contributed by atoms with van der Waals surface area (Å²) in [5.74, 6) is 0.697. The van der Waals surface area contributed by atoms with E-state index in [2.05, 4.69) is 15.8 Å². The zero-order valence-electron chi connectivity index (χ0n) is 18.2. The first-order chi connectivity index (χ1) is 15.6. The van der Waals surface area contributed by atoms with Gasteiger partial charge in [0.1, 0.15) is 5.76 Å². The number of rotatable bonds is 7. The first kappa shape index (κ1) is 21.6. The first-order valence-electron chi connectivity index (χ1n) is 11.0. The normalized spacial score (nSPS) is 14.1. The van der Waals surface area contributed by atoms with Crippen LogP contribution in [0.4, 0.5) is 0 Å². The molecular weight excluding hydrogens is 402 g/mol. The molecule has 0 saturated carbocycles. The molecule has 4 rings (SSSR count). The number of hydrogen-bond acceptors (Lipinski definition) is 4. The molecule has 6 nitrogen and oxygen atoms in total. The smallest absolute Gasteiger partial charge is 0.287 e. The third-order valence-electron chi connectivity index (χ3n) is 5.60. The van der Waals surface area contributed by atoms with Crippen LogP contribution in [0.3, 0.4) is 0 Å². The minimum absolute atomic E-state index is 0.171. The Labute approximate surface area is 187 Å². The van der Waals surface area contributed by atoms with Crippen LogP contribution in [0.5, 0.6) is 0 Å². The molecule has 2 aromatic carbocycles. The predicted molar refractivity (Wildman–Crippen MR) is 124 cm³/mol. The summed E-state index contributed by atoms with van der Waals surface area (Å²) in [4.78, 5) is 25.0. The highest BCUT2D eigenvalue weighted by atomic mass is 16.4. The van der Waals surface area contributed by atoms with Crippen molar-refractivity contribution in [2.24, 2.45) is 5.10 Å². The molecule has 0 fully saturated rings. The number of hydrogen-bond donors (Lipinski definition) is 2. The number of nitrogens with zero attached hydrogens (tertiary/aromatic N) is 1. The second-order valence-electron chi connectivity index (χ2n) is 7.96. The van der Waals surface area contributed by atoms with Crippen LogP contribution in [0.15, 0.2) is 70.2 Å². The van der Waals surface area contributed by atoms with Crippen molar-refractivity contribution in [1.29, 1.82) is 0 Å². The average molecular weight is 430 g/mol. The zero-order valence-corrected chi connectivity index (χ0v) is 18.2. The molecular formula is C26H27N3O3. The number of benzene rings is 2. The van der Waals surface area contributed by atoms with Gasteiger partial charge in [-0.1, -0.05) is 60.7 Å². The lowest BCUT2D eigenvalue weighted by Gasteiger charge is -2.13. The second-order valence-corrected chi connectivity index (χ2v) is 7.96. The van der Waals surface area contributed by atoms with Gasteiger partial charge < -0.3 is 9.73 Å². The Balaban J connectivity index is 1.42. The number of nitrogens with one attached hydrogen (secondary N) is 2. The molecule has 164 valence electrons. The van der Waals surface area contributed by atoms with Crippen LogP contribution in [0.2, 0.25) is 0 Å². The van der Waals surface area contributed by atoms with Gasteiger partial charge in [-0.2, -0.15) is 5.10 Å². The topological polar surface area (TPSA) is 83.7 Å². The van der Waals surface area contributed by atoms with Crippen molar-refractivity contribution in [3.8, 4) is 0 Å². The summed E-state index contributed by atoms with van der Waals surface area (Å²) in [6.07, 6.45) is 3.37. The number of aryl methyl sites for hydroxylation is 1. The van der Waals surface area contributed by atoms with Crippen molar-refractivity contribution < 1.29 is 14.0 Å². The summed E-state index contributed by atoms with van der Waals surface area (Å²) in [5.41, 5.74) is 7.15. The molecule has 0 bridgehead atoms. The van der Waals surface area contributed by atoms with E-state index < -0.39 is 0 Å². The van der Waals surface area contributed by atoms with Gasteiger partial charge in [0, 0.05) is 24.1 Å².